The number of morpholine rings is 1. The fourth-order valence-electron chi connectivity index (χ4n) is 6.02. The number of ether oxygens (including phenoxy) is 2. The second-order valence-corrected chi connectivity index (χ2v) is 11.5. The van der Waals surface area contributed by atoms with Gasteiger partial charge < -0.3 is 14.4 Å². The van der Waals surface area contributed by atoms with Crippen LogP contribution in [-0.4, -0.2) is 84.2 Å². The summed E-state index contributed by atoms with van der Waals surface area (Å²) in [7, 11) is 0. The summed E-state index contributed by atoms with van der Waals surface area (Å²) in [6, 6.07) is 11.1. The maximum atomic E-state index is 9.80. The molecule has 0 saturated carbocycles. The number of hydrogen-bond donors (Lipinski definition) is 0. The molecule has 2 aliphatic rings. The van der Waals surface area contributed by atoms with Crippen LogP contribution >= 0.6 is 0 Å². The third-order valence-electron chi connectivity index (χ3n) is 8.26. The zero-order chi connectivity index (χ0) is 30.2. The predicted octanol–water partition coefficient (Wildman–Crippen LogP) is 3.99. The molecule has 7 heterocycles. The van der Waals surface area contributed by atoms with Crippen LogP contribution in [0.2, 0.25) is 0 Å². The number of hydrogen-bond acceptors (Lipinski definition) is 10. The molecule has 0 amide bonds. The van der Waals surface area contributed by atoms with Crippen molar-refractivity contribution in [3.05, 3.63) is 72.6 Å². The van der Waals surface area contributed by atoms with Crippen molar-refractivity contribution in [3.63, 3.8) is 0 Å². The van der Waals surface area contributed by atoms with Crippen molar-refractivity contribution in [2.75, 3.05) is 37.8 Å². The van der Waals surface area contributed by atoms with Crippen LogP contribution in [0.4, 0.5) is 5.82 Å². The van der Waals surface area contributed by atoms with Gasteiger partial charge in [-0.3, -0.25) is 9.58 Å². The Hall–Kier alpha value is -4.86. The van der Waals surface area contributed by atoms with E-state index < -0.39 is 0 Å². The maximum Gasteiger partial charge on any atom is 0.213 e. The van der Waals surface area contributed by atoms with E-state index in [9.17, 15) is 5.26 Å². The Morgan fingerprint density at radius 1 is 0.977 bits per heavy atom. The Balaban J connectivity index is 1.14. The van der Waals surface area contributed by atoms with Crippen molar-refractivity contribution in [1.29, 1.82) is 5.26 Å². The van der Waals surface area contributed by atoms with E-state index in [1.807, 2.05) is 54.6 Å². The molecule has 2 atom stereocenters. The minimum Gasteiger partial charge on any atom is -0.478 e. The molecular formula is C32H34N10O2. The van der Waals surface area contributed by atoms with Crippen LogP contribution in [-0.2, 0) is 11.3 Å². The lowest BCUT2D eigenvalue weighted by atomic mass is 10.0. The molecule has 224 valence electrons. The maximum absolute atomic E-state index is 9.80. The van der Waals surface area contributed by atoms with Gasteiger partial charge in [-0.1, -0.05) is 6.07 Å². The van der Waals surface area contributed by atoms with E-state index in [0.717, 1.165) is 47.8 Å². The Morgan fingerprint density at radius 2 is 1.82 bits per heavy atom. The van der Waals surface area contributed by atoms with Gasteiger partial charge in [0.15, 0.2) is 0 Å². The normalized spacial score (nSPS) is 18.6. The van der Waals surface area contributed by atoms with Gasteiger partial charge in [-0.05, 0) is 38.5 Å². The Kier molecular flexibility index (Phi) is 7.41. The molecule has 12 heteroatoms. The number of rotatable bonds is 8. The molecule has 7 rings (SSSR count). The minimum atomic E-state index is 0.232. The van der Waals surface area contributed by atoms with Gasteiger partial charge in [-0.2, -0.15) is 15.5 Å². The molecule has 5 aromatic heterocycles. The zero-order valence-electron chi connectivity index (χ0n) is 25.0. The number of anilines is 1. The fourth-order valence-corrected chi connectivity index (χ4v) is 6.02. The lowest BCUT2D eigenvalue weighted by Gasteiger charge is -2.50. The van der Waals surface area contributed by atoms with Crippen LogP contribution in [0.1, 0.15) is 37.9 Å². The Labute approximate surface area is 255 Å². The Morgan fingerprint density at radius 3 is 2.48 bits per heavy atom. The highest BCUT2D eigenvalue weighted by atomic mass is 16.5. The van der Waals surface area contributed by atoms with Crippen molar-refractivity contribution in [2.45, 2.75) is 45.4 Å². The second-order valence-electron chi connectivity index (χ2n) is 11.5. The molecule has 0 unspecified atom stereocenters. The first-order valence-corrected chi connectivity index (χ1v) is 15.0. The quantitative estimate of drug-likeness (QED) is 0.262. The molecule has 2 aliphatic heterocycles. The standard InChI is InChI=1S/C32H34N10O2/c1-4-44-30-8-5-22(10-35-30)14-40-26-16-39(17-27(40)20-43-19-26)29-7-6-23(11-34-29)31-32-24(9-33)12-37-42(32)18-28(38-31)25-13-36-41(15-25)21(2)3/h5-8,10-13,15,18,21,26-27H,4,14,16-17,19-20H2,1-3H3/t26-,27-/m0/s1. The van der Waals surface area contributed by atoms with Gasteiger partial charge in [0, 0.05) is 61.5 Å². The highest BCUT2D eigenvalue weighted by Gasteiger charge is 2.38. The molecule has 0 aromatic carbocycles. The summed E-state index contributed by atoms with van der Waals surface area (Å²) in [6.45, 7) is 10.5. The first-order chi connectivity index (χ1) is 21.5. The van der Waals surface area contributed by atoms with E-state index in [2.05, 4.69) is 51.0 Å². The van der Waals surface area contributed by atoms with Crippen molar-refractivity contribution in [2.24, 2.45) is 0 Å². The van der Waals surface area contributed by atoms with Gasteiger partial charge in [-0.15, -0.1) is 0 Å². The number of pyridine rings is 2. The number of piperazine rings is 1. The molecule has 2 saturated heterocycles. The van der Waals surface area contributed by atoms with E-state index in [1.54, 1.807) is 16.9 Å². The average Bonchev–Trinajstić information content (AvgIpc) is 3.70. The van der Waals surface area contributed by atoms with Crippen LogP contribution in [0, 0.1) is 11.3 Å². The predicted molar refractivity (Wildman–Crippen MR) is 164 cm³/mol. The molecule has 12 nitrogen and oxygen atoms in total. The first kappa shape index (κ1) is 27.9. The van der Waals surface area contributed by atoms with Crippen molar-refractivity contribution in [3.8, 4) is 34.5 Å². The van der Waals surface area contributed by atoms with Crippen molar-refractivity contribution < 1.29 is 9.47 Å². The van der Waals surface area contributed by atoms with E-state index in [4.69, 9.17) is 19.4 Å². The third kappa shape index (κ3) is 5.25. The second kappa shape index (κ2) is 11.7. The first-order valence-electron chi connectivity index (χ1n) is 15.0. The van der Waals surface area contributed by atoms with Crippen LogP contribution in [0.3, 0.4) is 0 Å². The molecule has 2 fully saturated rings. The molecule has 5 aromatic rings. The topological polar surface area (TPSA) is 123 Å². The molecule has 0 spiro atoms. The molecule has 0 aliphatic carbocycles. The minimum absolute atomic E-state index is 0.232. The molecular weight excluding hydrogens is 556 g/mol. The molecule has 0 N–H and O–H groups in total. The summed E-state index contributed by atoms with van der Waals surface area (Å²) < 4.78 is 15.1. The van der Waals surface area contributed by atoms with Gasteiger partial charge in [-0.25, -0.2) is 19.5 Å². The van der Waals surface area contributed by atoms with Crippen LogP contribution < -0.4 is 9.64 Å². The van der Waals surface area contributed by atoms with E-state index in [1.165, 1.54) is 0 Å². The lowest BCUT2D eigenvalue weighted by molar-refractivity contribution is -0.0620. The van der Waals surface area contributed by atoms with E-state index in [0.29, 0.717) is 42.5 Å². The monoisotopic (exact) mass is 590 g/mol. The van der Waals surface area contributed by atoms with Gasteiger partial charge >= 0.3 is 0 Å². The summed E-state index contributed by atoms with van der Waals surface area (Å²) >= 11 is 0. The lowest BCUT2D eigenvalue weighted by Crippen LogP contribution is -2.64. The zero-order valence-corrected chi connectivity index (χ0v) is 25.0. The number of fused-ring (bicyclic) bond motifs is 3. The number of nitrogens with zero attached hydrogens (tertiary/aromatic N) is 10. The van der Waals surface area contributed by atoms with Crippen LogP contribution in [0.5, 0.6) is 5.88 Å². The highest BCUT2D eigenvalue weighted by Crippen LogP contribution is 2.31. The van der Waals surface area contributed by atoms with Crippen molar-refractivity contribution >= 4 is 11.3 Å². The molecule has 44 heavy (non-hydrogen) atoms. The Bertz CT molecular complexity index is 1790. The number of aromatic nitrogens is 7. The van der Waals surface area contributed by atoms with Gasteiger partial charge in [0.2, 0.25) is 5.88 Å². The van der Waals surface area contributed by atoms with Gasteiger partial charge in [0.25, 0.3) is 0 Å². The molecule has 2 bridgehead atoms. The summed E-state index contributed by atoms with van der Waals surface area (Å²) in [5.41, 5.74) is 5.37. The van der Waals surface area contributed by atoms with E-state index in [-0.39, 0.29) is 18.1 Å². The largest absolute Gasteiger partial charge is 0.478 e. The highest BCUT2D eigenvalue weighted by molar-refractivity contribution is 5.83. The number of nitriles is 1. The van der Waals surface area contributed by atoms with Gasteiger partial charge in [0.05, 0.1) is 61.9 Å². The molecule has 0 radical (unpaired) electrons. The van der Waals surface area contributed by atoms with Crippen LogP contribution in [0.25, 0.3) is 28.0 Å². The van der Waals surface area contributed by atoms with E-state index >= 15 is 0 Å². The summed E-state index contributed by atoms with van der Waals surface area (Å²) in [5.74, 6) is 1.56. The third-order valence-corrected chi connectivity index (χ3v) is 8.26. The van der Waals surface area contributed by atoms with Crippen molar-refractivity contribution in [1.82, 2.24) is 39.2 Å². The fraction of sp³-hybridized carbons (Fsp3) is 0.375. The SMILES string of the molecule is CCOc1ccc(CN2[C@@H]3COC[C@@H]2CN(c2ccc(-c4nc(-c5cnn(C(C)C)c5)cn5ncc(C#N)c45)cn2)C3)cn1. The van der Waals surface area contributed by atoms with Gasteiger partial charge in [0.1, 0.15) is 23.0 Å². The summed E-state index contributed by atoms with van der Waals surface area (Å²) in [5, 5.41) is 18.7. The summed E-state index contributed by atoms with van der Waals surface area (Å²) in [6.07, 6.45) is 11.0. The van der Waals surface area contributed by atoms with Crippen LogP contribution in [0.15, 0.2) is 61.4 Å². The smallest absolute Gasteiger partial charge is 0.213 e. The summed E-state index contributed by atoms with van der Waals surface area (Å²) in [4.78, 5) is 19.2. The average molecular weight is 591 g/mol.